The maximum absolute atomic E-state index is 3.61. The molecule has 0 aromatic heterocycles. The van der Waals surface area contributed by atoms with Crippen LogP contribution in [-0.4, -0.2) is 31.1 Å². The van der Waals surface area contributed by atoms with E-state index in [0.717, 1.165) is 24.9 Å². The lowest BCUT2D eigenvalue weighted by molar-refractivity contribution is 0.282. The Morgan fingerprint density at radius 3 is 2.50 bits per heavy atom. The van der Waals surface area contributed by atoms with Crippen LogP contribution in [0.1, 0.15) is 49.7 Å². The molecule has 1 heterocycles. The van der Waals surface area contributed by atoms with Crippen molar-refractivity contribution < 1.29 is 0 Å². The highest BCUT2D eigenvalue weighted by atomic mass is 15.1. The number of nitrogens with one attached hydrogen (secondary N) is 1. The molecule has 0 bridgehead atoms. The van der Waals surface area contributed by atoms with Crippen molar-refractivity contribution in [2.75, 3.05) is 26.2 Å². The van der Waals surface area contributed by atoms with Crippen molar-refractivity contribution in [2.24, 2.45) is 5.92 Å². The van der Waals surface area contributed by atoms with Crippen LogP contribution in [0, 0.1) is 5.92 Å². The molecule has 2 nitrogen and oxygen atoms in total. The number of hydrogen-bond acceptors (Lipinski definition) is 2. The lowest BCUT2D eigenvalue weighted by Gasteiger charge is -2.20. The first-order chi connectivity index (χ1) is 9.81. The summed E-state index contributed by atoms with van der Waals surface area (Å²) in [7, 11) is 0. The van der Waals surface area contributed by atoms with Crippen LogP contribution >= 0.6 is 0 Å². The van der Waals surface area contributed by atoms with Crippen LogP contribution in [0.2, 0.25) is 0 Å². The zero-order valence-corrected chi connectivity index (χ0v) is 12.8. The van der Waals surface area contributed by atoms with Crippen LogP contribution in [0.4, 0.5) is 0 Å². The van der Waals surface area contributed by atoms with E-state index in [1.165, 1.54) is 56.4 Å². The number of benzene rings is 1. The molecule has 1 N–H and O–H groups in total. The topological polar surface area (TPSA) is 15.3 Å². The quantitative estimate of drug-likeness (QED) is 0.818. The second kappa shape index (κ2) is 6.73. The Morgan fingerprint density at radius 2 is 1.85 bits per heavy atom. The molecule has 0 amide bonds. The van der Waals surface area contributed by atoms with E-state index in [9.17, 15) is 0 Å². The zero-order chi connectivity index (χ0) is 13.8. The van der Waals surface area contributed by atoms with Crippen molar-refractivity contribution in [1.82, 2.24) is 10.2 Å². The van der Waals surface area contributed by atoms with E-state index in [0.29, 0.717) is 0 Å². The first-order valence-electron chi connectivity index (χ1n) is 8.33. The smallest absolute Gasteiger partial charge is 0.0205 e. The number of hydrogen-bond donors (Lipinski definition) is 1. The summed E-state index contributed by atoms with van der Waals surface area (Å²) < 4.78 is 0. The molecule has 1 aromatic carbocycles. The number of rotatable bonds is 7. The third kappa shape index (κ3) is 4.07. The van der Waals surface area contributed by atoms with Crippen LogP contribution in [-0.2, 0) is 6.54 Å². The van der Waals surface area contributed by atoms with Crippen molar-refractivity contribution in [3.63, 3.8) is 0 Å². The molecule has 0 radical (unpaired) electrons. The van der Waals surface area contributed by atoms with Crippen molar-refractivity contribution in [3.05, 3.63) is 35.4 Å². The lowest BCUT2D eigenvalue weighted by atomic mass is 10.1. The molecule has 110 valence electrons. The lowest BCUT2D eigenvalue weighted by Crippen LogP contribution is -2.31. The molecule has 2 fully saturated rings. The van der Waals surface area contributed by atoms with Crippen LogP contribution in [0.5, 0.6) is 0 Å². The minimum atomic E-state index is 0.749. The van der Waals surface area contributed by atoms with Crippen molar-refractivity contribution in [1.29, 1.82) is 0 Å². The summed E-state index contributed by atoms with van der Waals surface area (Å²) in [6.07, 6.45) is 5.58. The highest BCUT2D eigenvalue weighted by Crippen LogP contribution is 2.39. The first-order valence-corrected chi connectivity index (χ1v) is 8.33. The summed E-state index contributed by atoms with van der Waals surface area (Å²) in [6, 6.07) is 9.24. The van der Waals surface area contributed by atoms with E-state index in [2.05, 4.69) is 41.4 Å². The van der Waals surface area contributed by atoms with Gasteiger partial charge < -0.3 is 10.2 Å². The zero-order valence-electron chi connectivity index (χ0n) is 12.8. The SMILES string of the molecule is CC(CNCc1ccc(C2CC2)cc1)CN1CCCC1. The van der Waals surface area contributed by atoms with Gasteiger partial charge in [0.15, 0.2) is 0 Å². The highest BCUT2D eigenvalue weighted by Gasteiger charge is 2.22. The van der Waals surface area contributed by atoms with Gasteiger partial charge in [0.1, 0.15) is 0 Å². The highest BCUT2D eigenvalue weighted by molar-refractivity contribution is 5.27. The molecule has 1 saturated carbocycles. The van der Waals surface area contributed by atoms with Crippen LogP contribution in [0.3, 0.4) is 0 Å². The van der Waals surface area contributed by atoms with Gasteiger partial charge in [0.05, 0.1) is 0 Å². The Hall–Kier alpha value is -0.860. The normalized spacial score (nSPS) is 21.2. The van der Waals surface area contributed by atoms with E-state index < -0.39 is 0 Å². The van der Waals surface area contributed by atoms with E-state index in [4.69, 9.17) is 0 Å². The number of likely N-dealkylation sites (tertiary alicyclic amines) is 1. The molecular weight excluding hydrogens is 244 g/mol. The summed E-state index contributed by atoms with van der Waals surface area (Å²) in [4.78, 5) is 2.61. The largest absolute Gasteiger partial charge is 0.312 e. The third-order valence-corrected chi connectivity index (χ3v) is 4.62. The van der Waals surface area contributed by atoms with Gasteiger partial charge in [-0.05, 0) is 68.3 Å². The maximum Gasteiger partial charge on any atom is 0.0205 e. The van der Waals surface area contributed by atoms with Crippen molar-refractivity contribution in [2.45, 2.75) is 45.1 Å². The monoisotopic (exact) mass is 272 g/mol. The van der Waals surface area contributed by atoms with E-state index in [1.54, 1.807) is 0 Å². The van der Waals surface area contributed by atoms with Crippen molar-refractivity contribution in [3.8, 4) is 0 Å². The number of nitrogens with zero attached hydrogens (tertiary/aromatic N) is 1. The fraction of sp³-hybridized carbons (Fsp3) is 0.667. The van der Waals surface area contributed by atoms with E-state index in [-0.39, 0.29) is 0 Å². The predicted octanol–water partition coefficient (Wildman–Crippen LogP) is 3.39. The fourth-order valence-electron chi connectivity index (χ4n) is 3.26. The molecule has 0 spiro atoms. The van der Waals surface area contributed by atoms with E-state index >= 15 is 0 Å². The minimum Gasteiger partial charge on any atom is -0.312 e. The van der Waals surface area contributed by atoms with Gasteiger partial charge in [-0.25, -0.2) is 0 Å². The Kier molecular flexibility index (Phi) is 4.74. The molecule has 1 saturated heterocycles. The molecule has 1 aliphatic carbocycles. The summed E-state index contributed by atoms with van der Waals surface area (Å²) in [5, 5.41) is 3.61. The van der Waals surface area contributed by atoms with E-state index in [1.807, 2.05) is 0 Å². The maximum atomic E-state index is 3.61. The van der Waals surface area contributed by atoms with Crippen molar-refractivity contribution >= 4 is 0 Å². The molecule has 2 heteroatoms. The molecule has 1 aliphatic heterocycles. The third-order valence-electron chi connectivity index (χ3n) is 4.62. The van der Waals surface area contributed by atoms with Gasteiger partial charge in [-0.15, -0.1) is 0 Å². The van der Waals surface area contributed by atoms with Gasteiger partial charge in [0.25, 0.3) is 0 Å². The second-order valence-corrected chi connectivity index (χ2v) is 6.76. The summed E-state index contributed by atoms with van der Waals surface area (Å²) in [5.41, 5.74) is 2.96. The summed E-state index contributed by atoms with van der Waals surface area (Å²) in [5.74, 6) is 1.62. The predicted molar refractivity (Wildman–Crippen MR) is 85.0 cm³/mol. The Morgan fingerprint density at radius 1 is 1.15 bits per heavy atom. The summed E-state index contributed by atoms with van der Waals surface area (Å²) in [6.45, 7) is 8.38. The Labute approximate surface area is 123 Å². The molecular formula is C18H28N2. The molecule has 3 rings (SSSR count). The average Bonchev–Trinajstić information content (AvgIpc) is 3.18. The van der Waals surface area contributed by atoms with Crippen LogP contribution in [0.25, 0.3) is 0 Å². The minimum absolute atomic E-state index is 0.749. The summed E-state index contributed by atoms with van der Waals surface area (Å²) >= 11 is 0. The fourth-order valence-corrected chi connectivity index (χ4v) is 3.26. The molecule has 1 aromatic rings. The molecule has 20 heavy (non-hydrogen) atoms. The van der Waals surface area contributed by atoms with Crippen LogP contribution in [0.15, 0.2) is 24.3 Å². The molecule has 2 aliphatic rings. The van der Waals surface area contributed by atoms with Gasteiger partial charge >= 0.3 is 0 Å². The van der Waals surface area contributed by atoms with Gasteiger partial charge in [-0.2, -0.15) is 0 Å². The second-order valence-electron chi connectivity index (χ2n) is 6.76. The van der Waals surface area contributed by atoms with Gasteiger partial charge in [0, 0.05) is 13.1 Å². The first kappa shape index (κ1) is 14.1. The standard InChI is InChI=1S/C18H28N2/c1-15(14-20-10-2-3-11-20)12-19-13-16-4-6-17(7-5-16)18-8-9-18/h4-7,15,18-19H,2-3,8-14H2,1H3. The van der Waals surface area contributed by atoms with Gasteiger partial charge in [-0.3, -0.25) is 0 Å². The Bertz CT molecular complexity index is 402. The Balaban J connectivity index is 1.35. The average molecular weight is 272 g/mol. The molecule has 1 unspecified atom stereocenters. The molecule has 1 atom stereocenters. The van der Waals surface area contributed by atoms with Gasteiger partial charge in [0.2, 0.25) is 0 Å². The van der Waals surface area contributed by atoms with Gasteiger partial charge in [-0.1, -0.05) is 31.2 Å². The van der Waals surface area contributed by atoms with Crippen LogP contribution < -0.4 is 5.32 Å².